The molecule has 2 aliphatic heterocycles. The predicted octanol–water partition coefficient (Wildman–Crippen LogP) is 5.83. The Kier molecular flexibility index (Phi) is 8.82. The highest BCUT2D eigenvalue weighted by atomic mass is 19.1. The van der Waals surface area contributed by atoms with E-state index in [1.165, 1.54) is 5.69 Å². The topological polar surface area (TPSA) is 44.8 Å². The third-order valence-corrected chi connectivity index (χ3v) is 7.03. The molecule has 5 rings (SSSR count). The number of nitrogens with zero attached hydrogens (tertiary/aromatic N) is 2. The highest BCUT2D eigenvalue weighted by molar-refractivity contribution is 5.96. The second kappa shape index (κ2) is 12.2. The van der Waals surface area contributed by atoms with Gasteiger partial charge in [-0.05, 0) is 60.4 Å². The van der Waals surface area contributed by atoms with Gasteiger partial charge in [0.2, 0.25) is 0 Å². The van der Waals surface area contributed by atoms with Crippen molar-refractivity contribution in [2.75, 3.05) is 44.2 Å². The molecule has 3 aromatic rings. The average molecular weight is 504 g/mol. The number of rotatable bonds is 4. The van der Waals surface area contributed by atoms with Crippen LogP contribution in [-0.2, 0) is 13.0 Å². The number of aryl methyl sites for hydroxylation is 1. The molecule has 0 saturated carbocycles. The fourth-order valence-corrected chi connectivity index (χ4v) is 4.99. The number of hydrogen-bond acceptors (Lipinski definition) is 4. The maximum atomic E-state index is 14.7. The number of benzene rings is 3. The summed E-state index contributed by atoms with van der Waals surface area (Å²) < 4.78 is 20.7. The van der Waals surface area contributed by atoms with Crippen molar-refractivity contribution in [3.05, 3.63) is 82.7 Å². The molecular weight excluding hydrogens is 465 g/mol. The van der Waals surface area contributed by atoms with E-state index in [9.17, 15) is 9.18 Å². The molecule has 0 spiro atoms. The number of amides is 1. The molecular formula is C31H38FN3O2. The van der Waals surface area contributed by atoms with Gasteiger partial charge in [-0.25, -0.2) is 4.39 Å². The van der Waals surface area contributed by atoms with Gasteiger partial charge in [0.25, 0.3) is 5.91 Å². The van der Waals surface area contributed by atoms with Crippen LogP contribution in [0.25, 0.3) is 11.1 Å². The Bertz CT molecular complexity index is 1220. The van der Waals surface area contributed by atoms with Crippen LogP contribution in [0.5, 0.6) is 5.75 Å². The lowest BCUT2D eigenvalue weighted by Gasteiger charge is -2.29. The third-order valence-electron chi connectivity index (χ3n) is 7.03. The summed E-state index contributed by atoms with van der Waals surface area (Å²) in [5.41, 5.74) is 5.91. The molecule has 0 aliphatic carbocycles. The number of halogens is 1. The fourth-order valence-electron chi connectivity index (χ4n) is 4.99. The zero-order chi connectivity index (χ0) is 26.4. The van der Waals surface area contributed by atoms with Gasteiger partial charge in [-0.1, -0.05) is 45.0 Å². The van der Waals surface area contributed by atoms with E-state index in [-0.39, 0.29) is 11.7 Å². The van der Waals surface area contributed by atoms with Gasteiger partial charge in [0.15, 0.2) is 0 Å². The van der Waals surface area contributed by atoms with E-state index in [4.69, 9.17) is 4.74 Å². The minimum atomic E-state index is -0.281. The molecule has 0 atom stereocenters. The molecule has 6 heteroatoms. The van der Waals surface area contributed by atoms with Crippen molar-refractivity contribution in [1.29, 1.82) is 0 Å². The average Bonchev–Trinajstić information content (AvgIpc) is 3.18. The smallest absolute Gasteiger partial charge is 0.254 e. The molecule has 1 fully saturated rings. The van der Waals surface area contributed by atoms with Gasteiger partial charge in [0.1, 0.15) is 18.2 Å². The van der Waals surface area contributed by atoms with E-state index in [1.54, 1.807) is 24.0 Å². The number of nitrogens with one attached hydrogen (secondary N) is 1. The highest BCUT2D eigenvalue weighted by Crippen LogP contribution is 2.31. The van der Waals surface area contributed by atoms with Crippen molar-refractivity contribution in [3.63, 3.8) is 0 Å². The number of piperazine rings is 1. The highest BCUT2D eigenvalue weighted by Gasteiger charge is 2.24. The molecule has 0 unspecified atom stereocenters. The van der Waals surface area contributed by atoms with Gasteiger partial charge in [-0.2, -0.15) is 0 Å². The minimum Gasteiger partial charge on any atom is -0.491 e. The second-order valence-electron chi connectivity index (χ2n) is 9.26. The summed E-state index contributed by atoms with van der Waals surface area (Å²) in [6.45, 7) is 13.0. The molecule has 0 aromatic heterocycles. The van der Waals surface area contributed by atoms with Crippen LogP contribution in [0.2, 0.25) is 0 Å². The first-order valence-electron chi connectivity index (χ1n) is 13.4. The van der Waals surface area contributed by atoms with E-state index in [2.05, 4.69) is 46.6 Å². The summed E-state index contributed by atoms with van der Waals surface area (Å²) in [5.74, 6) is 0.367. The van der Waals surface area contributed by atoms with Crippen LogP contribution >= 0.6 is 0 Å². The molecule has 196 valence electrons. The van der Waals surface area contributed by atoms with Gasteiger partial charge in [0, 0.05) is 55.1 Å². The Morgan fingerprint density at radius 2 is 1.68 bits per heavy atom. The normalized spacial score (nSPS) is 15.2. The molecule has 1 amide bonds. The lowest BCUT2D eigenvalue weighted by molar-refractivity contribution is 0.0731. The molecule has 1 N–H and O–H groups in total. The van der Waals surface area contributed by atoms with Gasteiger partial charge in [-0.3, -0.25) is 4.79 Å². The van der Waals surface area contributed by atoms with Gasteiger partial charge < -0.3 is 19.9 Å². The summed E-state index contributed by atoms with van der Waals surface area (Å²) in [5, 5.41) is 3.39. The zero-order valence-corrected chi connectivity index (χ0v) is 22.4. The summed E-state index contributed by atoms with van der Waals surface area (Å²) in [6.07, 6.45) is 0.476. The number of carbonyl (C=O) groups excluding carboxylic acids is 1. The predicted molar refractivity (Wildman–Crippen MR) is 149 cm³/mol. The Morgan fingerprint density at radius 3 is 2.38 bits per heavy atom. The van der Waals surface area contributed by atoms with Crippen molar-refractivity contribution >= 4 is 11.6 Å². The molecule has 3 aromatic carbocycles. The second-order valence-corrected chi connectivity index (χ2v) is 9.26. The maximum absolute atomic E-state index is 14.7. The van der Waals surface area contributed by atoms with Crippen LogP contribution in [0.15, 0.2) is 54.6 Å². The van der Waals surface area contributed by atoms with Crippen molar-refractivity contribution in [2.45, 2.75) is 40.7 Å². The Morgan fingerprint density at radius 1 is 0.973 bits per heavy atom. The summed E-state index contributed by atoms with van der Waals surface area (Å²) in [6, 6.07) is 18.3. The van der Waals surface area contributed by atoms with Crippen molar-refractivity contribution in [1.82, 2.24) is 10.2 Å². The van der Waals surface area contributed by atoms with Crippen LogP contribution in [0, 0.1) is 12.7 Å². The summed E-state index contributed by atoms with van der Waals surface area (Å²) in [7, 11) is 0. The minimum absolute atomic E-state index is 0.150. The van der Waals surface area contributed by atoms with E-state index in [1.807, 2.05) is 26.8 Å². The maximum Gasteiger partial charge on any atom is 0.254 e. The molecule has 0 bridgehead atoms. The summed E-state index contributed by atoms with van der Waals surface area (Å²) >= 11 is 0. The molecule has 0 radical (unpaired) electrons. The van der Waals surface area contributed by atoms with Crippen LogP contribution in [0.1, 0.15) is 47.8 Å². The third kappa shape index (κ3) is 5.80. The lowest BCUT2D eigenvalue weighted by atomic mass is 9.99. The molecule has 2 heterocycles. The molecule has 5 nitrogen and oxygen atoms in total. The molecule has 1 saturated heterocycles. The van der Waals surface area contributed by atoms with Crippen LogP contribution in [0.4, 0.5) is 10.1 Å². The van der Waals surface area contributed by atoms with E-state index in [0.29, 0.717) is 42.8 Å². The van der Waals surface area contributed by atoms with Crippen LogP contribution in [-0.4, -0.2) is 50.1 Å². The van der Waals surface area contributed by atoms with Crippen molar-refractivity contribution in [3.8, 4) is 16.9 Å². The van der Waals surface area contributed by atoms with E-state index in [0.717, 1.165) is 48.6 Å². The number of ether oxygens (including phenoxy) is 1. The first kappa shape index (κ1) is 26.7. The fraction of sp³-hybridized carbons (Fsp3) is 0.387. The number of hydrogen-bond donors (Lipinski definition) is 1. The zero-order valence-electron chi connectivity index (χ0n) is 22.4. The SMILES string of the molecule is CC.CCc1c(C(=O)N2CCOc3ccc(-c4ccc(N5CCNCC5)cc4)cc3C2)ccc(C)c1F. The Hall–Kier alpha value is -3.38. The van der Waals surface area contributed by atoms with Gasteiger partial charge in [0.05, 0.1) is 6.54 Å². The quantitative estimate of drug-likeness (QED) is 0.486. The molecule has 37 heavy (non-hydrogen) atoms. The van der Waals surface area contributed by atoms with E-state index >= 15 is 0 Å². The number of anilines is 1. The first-order valence-corrected chi connectivity index (χ1v) is 13.4. The van der Waals surface area contributed by atoms with Crippen molar-refractivity contribution < 1.29 is 13.9 Å². The van der Waals surface area contributed by atoms with E-state index < -0.39 is 0 Å². The standard InChI is InChI=1S/C29H32FN3O2.C2H6/c1-3-25-26(10-4-20(2)28(25)30)29(34)33-16-17-35-27-11-7-22(18-23(27)19-33)21-5-8-24(9-6-21)32-14-12-31-13-15-32;1-2/h4-11,18,31H,3,12-17,19H2,1-2H3;1-2H3. The number of carbonyl (C=O) groups is 1. The summed E-state index contributed by atoms with van der Waals surface area (Å²) in [4.78, 5) is 17.6. The van der Waals surface area contributed by atoms with Crippen LogP contribution in [0.3, 0.4) is 0 Å². The first-order chi connectivity index (χ1) is 18.0. The lowest BCUT2D eigenvalue weighted by Crippen LogP contribution is -2.43. The monoisotopic (exact) mass is 503 g/mol. The largest absolute Gasteiger partial charge is 0.491 e. The molecule has 2 aliphatic rings. The Labute approximate surface area is 220 Å². The van der Waals surface area contributed by atoms with Crippen LogP contribution < -0.4 is 15.0 Å². The Balaban J connectivity index is 0.00000156. The van der Waals surface area contributed by atoms with Crippen molar-refractivity contribution in [2.24, 2.45) is 0 Å². The van der Waals surface area contributed by atoms with Gasteiger partial charge in [-0.15, -0.1) is 0 Å². The number of fused-ring (bicyclic) bond motifs is 1. The van der Waals surface area contributed by atoms with Gasteiger partial charge >= 0.3 is 0 Å².